The Bertz CT molecular complexity index is 814. The third-order valence-corrected chi connectivity index (χ3v) is 5.64. The topological polar surface area (TPSA) is 77.5 Å². The molecule has 1 aromatic rings. The predicted octanol–water partition coefficient (Wildman–Crippen LogP) is 2.99. The molecule has 0 aromatic heterocycles. The Kier molecular flexibility index (Phi) is 4.45. The molecule has 1 saturated heterocycles. The van der Waals surface area contributed by atoms with Crippen LogP contribution in [0.4, 0.5) is 4.79 Å². The minimum Gasteiger partial charge on any atom is -0.493 e. The highest BCUT2D eigenvalue weighted by Crippen LogP contribution is 2.51. The van der Waals surface area contributed by atoms with E-state index >= 15 is 0 Å². The van der Waals surface area contributed by atoms with Crippen molar-refractivity contribution in [1.82, 2.24) is 4.90 Å². The van der Waals surface area contributed by atoms with Gasteiger partial charge in [0, 0.05) is 12.0 Å². The van der Waals surface area contributed by atoms with Gasteiger partial charge in [0.25, 0.3) is 0 Å². The van der Waals surface area contributed by atoms with E-state index in [1.165, 1.54) is 0 Å². The average Bonchev–Trinajstić information content (AvgIpc) is 3.24. The van der Waals surface area contributed by atoms with Crippen molar-refractivity contribution in [1.29, 1.82) is 0 Å². The highest BCUT2D eigenvalue weighted by atomic mass is 16.7. The Labute approximate surface area is 164 Å². The lowest BCUT2D eigenvalue weighted by atomic mass is 9.69. The van der Waals surface area contributed by atoms with Gasteiger partial charge in [-0.1, -0.05) is 12.2 Å². The molecule has 2 aliphatic heterocycles. The number of carbonyl (C=O) groups excluding carboxylic acids is 1. The summed E-state index contributed by atoms with van der Waals surface area (Å²) in [5, 5.41) is 10.3. The van der Waals surface area contributed by atoms with Crippen LogP contribution in [0.2, 0.25) is 0 Å². The summed E-state index contributed by atoms with van der Waals surface area (Å²) in [6, 6.07) is 3.69. The lowest BCUT2D eigenvalue weighted by molar-refractivity contribution is 0.0157. The molecule has 152 valence electrons. The molecule has 7 heteroatoms. The van der Waals surface area contributed by atoms with Crippen LogP contribution in [0.1, 0.15) is 39.2 Å². The molecule has 0 unspecified atom stereocenters. The summed E-state index contributed by atoms with van der Waals surface area (Å²) < 4.78 is 22.2. The smallest absolute Gasteiger partial charge is 0.410 e. The van der Waals surface area contributed by atoms with E-state index in [0.717, 1.165) is 12.0 Å². The first-order valence-corrected chi connectivity index (χ1v) is 9.59. The Hall–Kier alpha value is -2.41. The van der Waals surface area contributed by atoms with Crippen LogP contribution in [-0.2, 0) is 10.2 Å². The number of carbonyl (C=O) groups is 1. The molecule has 2 heterocycles. The number of aliphatic hydroxyl groups excluding tert-OH is 1. The number of rotatable bonds is 2. The van der Waals surface area contributed by atoms with Gasteiger partial charge in [-0.15, -0.1) is 0 Å². The summed E-state index contributed by atoms with van der Waals surface area (Å²) in [5.74, 6) is 1.84. The molecule has 1 amide bonds. The minimum atomic E-state index is -0.600. The van der Waals surface area contributed by atoms with Crippen molar-refractivity contribution in [2.45, 2.75) is 56.8 Å². The van der Waals surface area contributed by atoms with Crippen LogP contribution in [0.15, 0.2) is 24.3 Å². The van der Waals surface area contributed by atoms with E-state index in [2.05, 4.69) is 0 Å². The molecule has 7 nitrogen and oxygen atoms in total. The van der Waals surface area contributed by atoms with Gasteiger partial charge in [0.15, 0.2) is 11.5 Å². The van der Waals surface area contributed by atoms with Crippen molar-refractivity contribution in [3.63, 3.8) is 0 Å². The summed E-state index contributed by atoms with van der Waals surface area (Å²) in [4.78, 5) is 14.6. The molecule has 1 fully saturated rings. The van der Waals surface area contributed by atoms with E-state index in [-0.39, 0.29) is 18.9 Å². The van der Waals surface area contributed by atoms with E-state index in [1.807, 2.05) is 45.1 Å². The average molecular weight is 389 g/mol. The fourth-order valence-electron chi connectivity index (χ4n) is 4.40. The number of hydrogen-bond acceptors (Lipinski definition) is 6. The van der Waals surface area contributed by atoms with E-state index in [4.69, 9.17) is 18.9 Å². The molecule has 0 saturated carbocycles. The summed E-state index contributed by atoms with van der Waals surface area (Å²) in [6.07, 6.45) is 4.06. The lowest BCUT2D eigenvalue weighted by Gasteiger charge is -2.40. The first kappa shape index (κ1) is 18.9. The second kappa shape index (κ2) is 6.58. The fraction of sp³-hybridized carbons (Fsp3) is 0.571. The zero-order valence-corrected chi connectivity index (χ0v) is 16.7. The van der Waals surface area contributed by atoms with Crippen LogP contribution in [0, 0.1) is 0 Å². The molecular formula is C21H27NO6. The molecule has 4 rings (SSSR count). The zero-order valence-electron chi connectivity index (χ0n) is 16.7. The number of ether oxygens (including phenoxy) is 4. The first-order valence-electron chi connectivity index (χ1n) is 9.59. The van der Waals surface area contributed by atoms with Crippen LogP contribution in [0.5, 0.6) is 17.2 Å². The van der Waals surface area contributed by atoms with E-state index in [0.29, 0.717) is 30.2 Å². The maximum absolute atomic E-state index is 12.8. The third-order valence-electron chi connectivity index (χ3n) is 5.64. The van der Waals surface area contributed by atoms with Gasteiger partial charge in [-0.25, -0.2) is 4.79 Å². The van der Waals surface area contributed by atoms with E-state index in [1.54, 1.807) is 12.0 Å². The van der Waals surface area contributed by atoms with Gasteiger partial charge in [0.1, 0.15) is 5.60 Å². The number of benzene rings is 1. The minimum absolute atomic E-state index is 0.157. The van der Waals surface area contributed by atoms with Gasteiger partial charge in [0.2, 0.25) is 12.5 Å². The summed E-state index contributed by atoms with van der Waals surface area (Å²) in [6.45, 7) is 6.27. The van der Waals surface area contributed by atoms with Crippen molar-refractivity contribution in [2.24, 2.45) is 0 Å². The number of likely N-dealkylation sites (tertiary alicyclic amines) is 1. The third kappa shape index (κ3) is 3.07. The predicted molar refractivity (Wildman–Crippen MR) is 102 cm³/mol. The quantitative estimate of drug-likeness (QED) is 0.784. The van der Waals surface area contributed by atoms with Crippen LogP contribution in [0.3, 0.4) is 0 Å². The van der Waals surface area contributed by atoms with Crippen LogP contribution in [0.25, 0.3) is 0 Å². The fourth-order valence-corrected chi connectivity index (χ4v) is 4.40. The standard InChI is InChI=1S/C21H27NO6/c1-20(2,3)28-19(24)22-8-7-21(6-5-14(23)11-17(21)22)13-9-15(25-4)18-16(10-13)26-12-27-18/h5-6,9-10,14,17,23H,7-8,11-12H2,1-4H3/t14-,17+,21+/m0/s1. The summed E-state index contributed by atoms with van der Waals surface area (Å²) in [5.41, 5.74) is -0.0366. The molecule has 3 atom stereocenters. The first-order chi connectivity index (χ1) is 13.2. The van der Waals surface area contributed by atoms with Crippen LogP contribution in [-0.4, -0.2) is 54.3 Å². The number of fused-ring (bicyclic) bond motifs is 2. The Morgan fingerprint density at radius 1 is 1.32 bits per heavy atom. The summed E-state index contributed by atoms with van der Waals surface area (Å²) >= 11 is 0. The molecule has 1 aromatic carbocycles. The Morgan fingerprint density at radius 3 is 2.82 bits per heavy atom. The van der Waals surface area contributed by atoms with Gasteiger partial charge in [-0.05, 0) is 51.3 Å². The van der Waals surface area contributed by atoms with Crippen molar-refractivity contribution in [2.75, 3.05) is 20.4 Å². The molecule has 0 radical (unpaired) electrons. The van der Waals surface area contributed by atoms with Gasteiger partial charge < -0.3 is 29.0 Å². The number of amides is 1. The van der Waals surface area contributed by atoms with Gasteiger partial charge in [0.05, 0.1) is 19.3 Å². The normalized spacial score (nSPS) is 28.2. The molecule has 0 spiro atoms. The molecule has 0 bridgehead atoms. The number of methoxy groups -OCH3 is 1. The molecule has 28 heavy (non-hydrogen) atoms. The molecular weight excluding hydrogens is 362 g/mol. The second-order valence-corrected chi connectivity index (χ2v) is 8.55. The van der Waals surface area contributed by atoms with Crippen molar-refractivity contribution < 1.29 is 28.8 Å². The monoisotopic (exact) mass is 389 g/mol. The molecule has 1 aliphatic carbocycles. The Morgan fingerprint density at radius 2 is 2.11 bits per heavy atom. The number of aliphatic hydroxyl groups is 1. The number of nitrogens with zero attached hydrogens (tertiary/aromatic N) is 1. The molecule has 1 N–H and O–H groups in total. The Balaban J connectivity index is 1.75. The van der Waals surface area contributed by atoms with E-state index in [9.17, 15) is 9.90 Å². The zero-order chi connectivity index (χ0) is 20.1. The van der Waals surface area contributed by atoms with Gasteiger partial charge in [-0.3, -0.25) is 0 Å². The van der Waals surface area contributed by atoms with Gasteiger partial charge in [-0.2, -0.15) is 0 Å². The van der Waals surface area contributed by atoms with Gasteiger partial charge >= 0.3 is 6.09 Å². The largest absolute Gasteiger partial charge is 0.493 e. The highest BCUT2D eigenvalue weighted by Gasteiger charge is 2.52. The van der Waals surface area contributed by atoms with Crippen molar-refractivity contribution in [3.8, 4) is 17.2 Å². The maximum atomic E-state index is 12.8. The van der Waals surface area contributed by atoms with Crippen molar-refractivity contribution in [3.05, 3.63) is 29.8 Å². The second-order valence-electron chi connectivity index (χ2n) is 8.55. The van der Waals surface area contributed by atoms with Crippen LogP contribution >= 0.6 is 0 Å². The highest BCUT2D eigenvalue weighted by molar-refractivity contribution is 5.70. The van der Waals surface area contributed by atoms with E-state index < -0.39 is 17.1 Å². The SMILES string of the molecule is COc1cc([C@]23C=C[C@H](O)C[C@H]2N(C(=O)OC(C)(C)C)CC3)cc2c1OCO2. The van der Waals surface area contributed by atoms with Crippen LogP contribution < -0.4 is 14.2 Å². The summed E-state index contributed by atoms with van der Waals surface area (Å²) in [7, 11) is 1.60. The molecule has 3 aliphatic rings. The van der Waals surface area contributed by atoms with Crippen molar-refractivity contribution >= 4 is 6.09 Å². The number of hydrogen-bond donors (Lipinski definition) is 1. The maximum Gasteiger partial charge on any atom is 0.410 e. The lowest BCUT2D eigenvalue weighted by Crippen LogP contribution is -2.49.